The number of nitrogens with zero attached hydrogens (tertiary/aromatic N) is 4. The molecule has 2 rings (SSSR count). The van der Waals surface area contributed by atoms with Crippen molar-refractivity contribution in [2.45, 2.75) is 19.9 Å². The topological polar surface area (TPSA) is 96.8 Å². The zero-order chi connectivity index (χ0) is 15.2. The van der Waals surface area contributed by atoms with Crippen LogP contribution in [0.1, 0.15) is 24.6 Å². The van der Waals surface area contributed by atoms with Crippen molar-refractivity contribution in [1.29, 1.82) is 5.26 Å². The monoisotopic (exact) mass is 285 g/mol. The number of aromatic nitrogens is 2. The second-order valence-corrected chi connectivity index (χ2v) is 4.50. The van der Waals surface area contributed by atoms with Crippen molar-refractivity contribution < 1.29 is 4.92 Å². The van der Waals surface area contributed by atoms with Crippen molar-refractivity contribution in [2.24, 2.45) is 0 Å². The molecule has 0 aliphatic heterocycles. The van der Waals surface area contributed by atoms with Gasteiger partial charge in [-0.2, -0.15) is 10.4 Å². The van der Waals surface area contributed by atoms with Gasteiger partial charge >= 0.3 is 0 Å². The van der Waals surface area contributed by atoms with Crippen molar-refractivity contribution in [1.82, 2.24) is 15.1 Å². The smallest absolute Gasteiger partial charge is 0.296 e. The Kier molecular flexibility index (Phi) is 4.64. The van der Waals surface area contributed by atoms with Crippen LogP contribution in [0.15, 0.2) is 30.5 Å². The quantitative estimate of drug-likeness (QED) is 0.498. The van der Waals surface area contributed by atoms with E-state index in [2.05, 4.69) is 17.3 Å². The lowest BCUT2D eigenvalue weighted by atomic mass is 10.2. The molecule has 0 atom stereocenters. The Labute approximate surface area is 122 Å². The number of rotatable bonds is 6. The summed E-state index contributed by atoms with van der Waals surface area (Å²) in [6.07, 6.45) is 2.71. The number of nitriles is 1. The van der Waals surface area contributed by atoms with Gasteiger partial charge in [0.25, 0.3) is 5.69 Å². The van der Waals surface area contributed by atoms with Gasteiger partial charge in [0.1, 0.15) is 5.69 Å². The third-order valence-electron chi connectivity index (χ3n) is 2.93. The average molecular weight is 285 g/mol. The molecule has 7 heteroatoms. The van der Waals surface area contributed by atoms with Crippen LogP contribution >= 0.6 is 0 Å². The first-order chi connectivity index (χ1) is 10.2. The second-order valence-electron chi connectivity index (χ2n) is 4.50. The van der Waals surface area contributed by atoms with Gasteiger partial charge in [-0.3, -0.25) is 10.1 Å². The molecule has 2 aromatic rings. The van der Waals surface area contributed by atoms with Gasteiger partial charge in [-0.05, 0) is 31.2 Å². The molecule has 0 fully saturated rings. The fourth-order valence-electron chi connectivity index (χ4n) is 1.92. The van der Waals surface area contributed by atoms with E-state index in [1.54, 1.807) is 12.3 Å². The number of nitrogens with one attached hydrogen (secondary N) is 1. The Morgan fingerprint density at radius 2 is 2.29 bits per heavy atom. The Morgan fingerprint density at radius 1 is 1.48 bits per heavy atom. The van der Waals surface area contributed by atoms with Crippen LogP contribution in [0.4, 0.5) is 5.69 Å². The summed E-state index contributed by atoms with van der Waals surface area (Å²) in [5.41, 5.74) is 1.27. The maximum atomic E-state index is 11.1. The van der Waals surface area contributed by atoms with Gasteiger partial charge in [-0.1, -0.05) is 6.92 Å². The lowest BCUT2D eigenvalue weighted by Gasteiger charge is -2.03. The molecule has 0 spiro atoms. The maximum absolute atomic E-state index is 11.1. The summed E-state index contributed by atoms with van der Waals surface area (Å²) in [5.74, 6) is 0. The third-order valence-corrected chi connectivity index (χ3v) is 2.93. The van der Waals surface area contributed by atoms with Crippen LogP contribution in [-0.2, 0) is 6.54 Å². The minimum absolute atomic E-state index is 0.134. The van der Waals surface area contributed by atoms with Crippen molar-refractivity contribution >= 4 is 5.69 Å². The lowest BCUT2D eigenvalue weighted by Crippen LogP contribution is -2.14. The number of hydrogen-bond acceptors (Lipinski definition) is 5. The van der Waals surface area contributed by atoms with Gasteiger partial charge in [0.05, 0.1) is 22.2 Å². The third kappa shape index (κ3) is 3.43. The van der Waals surface area contributed by atoms with E-state index in [0.29, 0.717) is 12.2 Å². The highest BCUT2D eigenvalue weighted by Gasteiger charge is 2.17. The van der Waals surface area contributed by atoms with E-state index in [-0.39, 0.29) is 11.3 Å². The molecule has 0 amide bonds. The summed E-state index contributed by atoms with van der Waals surface area (Å²) in [5, 5.41) is 27.5. The standard InChI is InChI=1S/C14H15N5O2/c1-2-6-16-10-12-5-7-18(17-12)13-4-3-11(9-15)8-14(13)19(20)21/h3-5,7-8,16H,2,6,10H2,1H3. The van der Waals surface area contributed by atoms with Crippen LogP contribution in [0.2, 0.25) is 0 Å². The minimum Gasteiger partial charge on any atom is -0.311 e. The molecule has 0 unspecified atom stereocenters. The predicted molar refractivity (Wildman–Crippen MR) is 76.9 cm³/mol. The van der Waals surface area contributed by atoms with Crippen LogP contribution in [0.3, 0.4) is 0 Å². The van der Waals surface area contributed by atoms with Crippen LogP contribution in [0, 0.1) is 21.4 Å². The van der Waals surface area contributed by atoms with E-state index < -0.39 is 4.92 Å². The molecule has 0 saturated heterocycles. The Morgan fingerprint density at radius 3 is 2.95 bits per heavy atom. The van der Waals surface area contributed by atoms with E-state index in [9.17, 15) is 10.1 Å². The molecule has 1 heterocycles. The van der Waals surface area contributed by atoms with Crippen molar-refractivity contribution in [3.05, 3.63) is 51.8 Å². The first-order valence-electron chi connectivity index (χ1n) is 6.60. The molecule has 21 heavy (non-hydrogen) atoms. The fraction of sp³-hybridized carbons (Fsp3) is 0.286. The normalized spacial score (nSPS) is 10.3. The molecular weight excluding hydrogens is 270 g/mol. The number of benzene rings is 1. The van der Waals surface area contributed by atoms with Crippen LogP contribution in [0.25, 0.3) is 5.69 Å². The van der Waals surface area contributed by atoms with Gasteiger partial charge in [-0.15, -0.1) is 0 Å². The Hall–Kier alpha value is -2.72. The van der Waals surface area contributed by atoms with E-state index in [1.807, 2.05) is 12.1 Å². The minimum atomic E-state index is -0.507. The van der Waals surface area contributed by atoms with Crippen LogP contribution in [0.5, 0.6) is 0 Å². The molecule has 1 aromatic heterocycles. The predicted octanol–water partition coefficient (Wildman–Crippen LogP) is 2.15. The van der Waals surface area contributed by atoms with E-state index >= 15 is 0 Å². The highest BCUT2D eigenvalue weighted by molar-refractivity contribution is 5.56. The van der Waals surface area contributed by atoms with Crippen molar-refractivity contribution in [3.8, 4) is 11.8 Å². The number of hydrogen-bond donors (Lipinski definition) is 1. The Balaban J connectivity index is 2.29. The highest BCUT2D eigenvalue weighted by Crippen LogP contribution is 2.23. The molecule has 1 N–H and O–H groups in total. The van der Waals surface area contributed by atoms with Gasteiger partial charge in [0.2, 0.25) is 0 Å². The Bertz CT molecular complexity index is 687. The first-order valence-corrected chi connectivity index (χ1v) is 6.60. The summed E-state index contributed by atoms with van der Waals surface area (Å²) in [6, 6.07) is 8.04. The SMILES string of the molecule is CCCNCc1ccn(-c2ccc(C#N)cc2[N+](=O)[O-])n1. The zero-order valence-electron chi connectivity index (χ0n) is 11.6. The van der Waals surface area contributed by atoms with Crippen LogP contribution in [-0.4, -0.2) is 21.2 Å². The number of nitro groups is 1. The fourth-order valence-corrected chi connectivity index (χ4v) is 1.92. The molecule has 1 aromatic carbocycles. The average Bonchev–Trinajstić information content (AvgIpc) is 2.95. The summed E-state index contributed by atoms with van der Waals surface area (Å²) >= 11 is 0. The first kappa shape index (κ1) is 14.7. The molecule has 7 nitrogen and oxygen atoms in total. The molecule has 0 saturated carbocycles. The van der Waals surface area contributed by atoms with Crippen LogP contribution < -0.4 is 5.32 Å². The summed E-state index contributed by atoms with van der Waals surface area (Å²) in [6.45, 7) is 3.58. The molecule has 108 valence electrons. The molecular formula is C14H15N5O2. The summed E-state index contributed by atoms with van der Waals surface area (Å²) < 4.78 is 1.46. The maximum Gasteiger partial charge on any atom is 0.296 e. The van der Waals surface area contributed by atoms with Crippen molar-refractivity contribution in [3.63, 3.8) is 0 Å². The van der Waals surface area contributed by atoms with E-state index in [0.717, 1.165) is 18.7 Å². The van der Waals surface area contributed by atoms with Gasteiger partial charge < -0.3 is 5.32 Å². The summed E-state index contributed by atoms with van der Waals surface area (Å²) in [7, 11) is 0. The van der Waals surface area contributed by atoms with Gasteiger partial charge in [0.15, 0.2) is 0 Å². The van der Waals surface area contributed by atoms with E-state index in [4.69, 9.17) is 5.26 Å². The summed E-state index contributed by atoms with van der Waals surface area (Å²) in [4.78, 5) is 10.6. The molecule has 0 radical (unpaired) electrons. The zero-order valence-corrected chi connectivity index (χ0v) is 11.6. The van der Waals surface area contributed by atoms with E-state index in [1.165, 1.54) is 16.8 Å². The highest BCUT2D eigenvalue weighted by atomic mass is 16.6. The molecule has 0 bridgehead atoms. The second kappa shape index (κ2) is 6.63. The molecule has 0 aliphatic carbocycles. The van der Waals surface area contributed by atoms with Crippen molar-refractivity contribution in [2.75, 3.05) is 6.54 Å². The van der Waals surface area contributed by atoms with Gasteiger partial charge in [0, 0.05) is 18.8 Å². The van der Waals surface area contributed by atoms with Gasteiger partial charge in [-0.25, -0.2) is 4.68 Å². The molecule has 0 aliphatic rings. The number of nitro benzene ring substituents is 1. The largest absolute Gasteiger partial charge is 0.311 e. The lowest BCUT2D eigenvalue weighted by molar-refractivity contribution is -0.384.